The molecule has 0 radical (unpaired) electrons. The van der Waals surface area contributed by atoms with Gasteiger partial charge >= 0.3 is 0 Å². The van der Waals surface area contributed by atoms with E-state index >= 15 is 0 Å². The largest absolute Gasteiger partial charge is 0.340 e. The molecule has 0 aliphatic heterocycles. The van der Waals surface area contributed by atoms with Gasteiger partial charge in [-0.2, -0.15) is 10.1 Å². The smallest absolute Gasteiger partial charge is 0.253 e. The van der Waals surface area contributed by atoms with Crippen molar-refractivity contribution in [3.8, 4) is 11.4 Å². The van der Waals surface area contributed by atoms with Crippen molar-refractivity contribution in [2.45, 2.75) is 46.7 Å². The first-order valence-electron chi connectivity index (χ1n) is 10.2. The number of aromatic nitrogens is 6. The Morgan fingerprint density at radius 3 is 2.65 bits per heavy atom. The maximum Gasteiger partial charge on any atom is 0.253 e. The van der Waals surface area contributed by atoms with E-state index in [-0.39, 0.29) is 17.9 Å². The quantitative estimate of drug-likeness (QED) is 0.504. The van der Waals surface area contributed by atoms with Crippen molar-refractivity contribution >= 4 is 16.9 Å². The summed E-state index contributed by atoms with van der Waals surface area (Å²) in [6.45, 7) is 9.88. The summed E-state index contributed by atoms with van der Waals surface area (Å²) in [5.41, 5.74) is 2.64. The second-order valence-corrected chi connectivity index (χ2v) is 8.11. The van der Waals surface area contributed by atoms with E-state index < -0.39 is 6.04 Å². The number of nitrogens with zero attached hydrogens (tertiary/aromatic N) is 6. The van der Waals surface area contributed by atoms with E-state index in [1.54, 1.807) is 24.7 Å². The van der Waals surface area contributed by atoms with E-state index in [2.05, 4.69) is 30.5 Å². The van der Waals surface area contributed by atoms with Gasteiger partial charge in [0.2, 0.25) is 11.7 Å². The fraction of sp³-hybridized carbons (Fsp3) is 0.364. The molecule has 4 heterocycles. The van der Waals surface area contributed by atoms with Crippen molar-refractivity contribution in [1.82, 2.24) is 35.2 Å². The first-order chi connectivity index (χ1) is 14.8. The Kier molecular flexibility index (Phi) is 5.50. The van der Waals surface area contributed by atoms with Crippen LogP contribution in [-0.2, 0) is 0 Å². The highest BCUT2D eigenvalue weighted by atomic mass is 16.5. The number of hydrogen-bond acceptors (Lipinski definition) is 7. The summed E-state index contributed by atoms with van der Waals surface area (Å²) in [6, 6.07) is 5.22. The van der Waals surface area contributed by atoms with E-state index in [1.807, 2.05) is 51.4 Å². The molecule has 0 aromatic carbocycles. The van der Waals surface area contributed by atoms with E-state index in [1.165, 1.54) is 0 Å². The zero-order valence-electron chi connectivity index (χ0n) is 18.2. The van der Waals surface area contributed by atoms with Gasteiger partial charge in [0.05, 0.1) is 17.5 Å². The van der Waals surface area contributed by atoms with Gasteiger partial charge in [-0.3, -0.25) is 9.78 Å². The molecule has 4 rings (SSSR count). The number of carbonyl (C=O) groups excluding carboxylic acids is 1. The summed E-state index contributed by atoms with van der Waals surface area (Å²) < 4.78 is 7.32. The predicted molar refractivity (Wildman–Crippen MR) is 115 cm³/mol. The highest BCUT2D eigenvalue weighted by Gasteiger charge is 2.26. The fourth-order valence-electron chi connectivity index (χ4n) is 3.38. The number of amides is 1. The minimum Gasteiger partial charge on any atom is -0.340 e. The lowest BCUT2D eigenvalue weighted by atomic mass is 10.0. The van der Waals surface area contributed by atoms with Crippen molar-refractivity contribution in [1.29, 1.82) is 0 Å². The molecule has 9 heteroatoms. The monoisotopic (exact) mass is 419 g/mol. The zero-order valence-corrected chi connectivity index (χ0v) is 18.2. The van der Waals surface area contributed by atoms with Gasteiger partial charge in [-0.1, -0.05) is 19.0 Å². The first kappa shape index (κ1) is 20.6. The van der Waals surface area contributed by atoms with Gasteiger partial charge < -0.3 is 9.84 Å². The Morgan fingerprint density at radius 1 is 1.16 bits per heavy atom. The molecule has 31 heavy (non-hydrogen) atoms. The second-order valence-electron chi connectivity index (χ2n) is 8.11. The van der Waals surface area contributed by atoms with Gasteiger partial charge in [-0.25, -0.2) is 9.67 Å². The Hall–Kier alpha value is -3.62. The van der Waals surface area contributed by atoms with Crippen LogP contribution in [-0.4, -0.2) is 35.8 Å². The number of aryl methyl sites for hydroxylation is 1. The Bertz CT molecular complexity index is 1210. The molecule has 160 valence electrons. The Morgan fingerprint density at radius 2 is 1.97 bits per heavy atom. The van der Waals surface area contributed by atoms with Crippen molar-refractivity contribution in [2.24, 2.45) is 5.92 Å². The minimum absolute atomic E-state index is 0.0341. The van der Waals surface area contributed by atoms with E-state index in [0.29, 0.717) is 23.0 Å². The van der Waals surface area contributed by atoms with Crippen LogP contribution >= 0.6 is 0 Å². The van der Waals surface area contributed by atoms with Gasteiger partial charge in [0.15, 0.2) is 5.65 Å². The lowest BCUT2D eigenvalue weighted by Crippen LogP contribution is -2.32. The van der Waals surface area contributed by atoms with Crippen LogP contribution in [0.2, 0.25) is 0 Å². The van der Waals surface area contributed by atoms with Crippen LogP contribution in [0.1, 0.15) is 61.7 Å². The molecular formula is C22H25N7O2. The SMILES string of the molecule is Cc1nc2c(cnn2C(C)C)cc1C(=O)NC(c1nc(-c2cccnc2)no1)C(C)C. The van der Waals surface area contributed by atoms with Crippen molar-refractivity contribution in [3.05, 3.63) is 53.9 Å². The van der Waals surface area contributed by atoms with Crippen LogP contribution < -0.4 is 5.32 Å². The topological polar surface area (TPSA) is 112 Å². The van der Waals surface area contributed by atoms with Crippen molar-refractivity contribution in [2.75, 3.05) is 0 Å². The third kappa shape index (κ3) is 4.03. The molecule has 0 bridgehead atoms. The first-order valence-corrected chi connectivity index (χ1v) is 10.2. The highest BCUT2D eigenvalue weighted by molar-refractivity contribution is 5.98. The maximum atomic E-state index is 13.1. The van der Waals surface area contributed by atoms with E-state index in [4.69, 9.17) is 4.52 Å². The van der Waals surface area contributed by atoms with Crippen LogP contribution in [0.3, 0.4) is 0 Å². The zero-order chi connectivity index (χ0) is 22.1. The Labute approximate surface area is 179 Å². The standard InChI is InChI=1S/C22H25N7O2/c1-12(2)18(22-27-19(28-31-22)15-7-6-8-23-10-15)26-21(30)17-9-16-11-24-29(13(3)4)20(16)25-14(17)5/h6-13,18H,1-5H3,(H,26,30). The number of pyridine rings is 2. The molecule has 4 aromatic heterocycles. The van der Waals surface area contributed by atoms with Crippen molar-refractivity contribution in [3.63, 3.8) is 0 Å². The van der Waals surface area contributed by atoms with Gasteiger partial charge in [-0.05, 0) is 44.9 Å². The summed E-state index contributed by atoms with van der Waals surface area (Å²) in [4.78, 5) is 26.3. The third-order valence-electron chi connectivity index (χ3n) is 5.07. The normalized spacial score (nSPS) is 12.6. The molecule has 0 aliphatic carbocycles. The molecule has 9 nitrogen and oxygen atoms in total. The average Bonchev–Trinajstić information content (AvgIpc) is 3.38. The summed E-state index contributed by atoms with van der Waals surface area (Å²) in [5.74, 6) is 0.570. The number of nitrogens with one attached hydrogen (secondary N) is 1. The fourth-order valence-corrected chi connectivity index (χ4v) is 3.38. The molecule has 1 amide bonds. The molecule has 0 saturated heterocycles. The van der Waals surface area contributed by atoms with E-state index in [9.17, 15) is 4.79 Å². The summed E-state index contributed by atoms with van der Waals surface area (Å²) in [6.07, 6.45) is 5.08. The van der Waals surface area contributed by atoms with Gasteiger partial charge in [-0.15, -0.1) is 0 Å². The number of hydrogen-bond donors (Lipinski definition) is 1. The van der Waals surface area contributed by atoms with Crippen LogP contribution in [0, 0.1) is 12.8 Å². The van der Waals surface area contributed by atoms with Gasteiger partial charge in [0, 0.05) is 29.4 Å². The summed E-state index contributed by atoms with van der Waals surface area (Å²) >= 11 is 0. The molecular weight excluding hydrogens is 394 g/mol. The van der Waals surface area contributed by atoms with Crippen LogP contribution in [0.15, 0.2) is 41.3 Å². The molecule has 1 N–H and O–H groups in total. The predicted octanol–water partition coefficient (Wildman–Crippen LogP) is 3.89. The Balaban J connectivity index is 1.61. The number of fused-ring (bicyclic) bond motifs is 1. The molecule has 0 fully saturated rings. The van der Waals surface area contributed by atoms with Gasteiger partial charge in [0.1, 0.15) is 6.04 Å². The van der Waals surface area contributed by atoms with Crippen LogP contribution in [0.4, 0.5) is 0 Å². The van der Waals surface area contributed by atoms with Crippen LogP contribution in [0.5, 0.6) is 0 Å². The maximum absolute atomic E-state index is 13.1. The molecule has 0 saturated carbocycles. The molecule has 0 aliphatic rings. The van der Waals surface area contributed by atoms with Crippen molar-refractivity contribution < 1.29 is 9.32 Å². The number of rotatable bonds is 6. The average molecular weight is 419 g/mol. The van der Waals surface area contributed by atoms with E-state index in [0.717, 1.165) is 16.6 Å². The summed E-state index contributed by atoms with van der Waals surface area (Å²) in [5, 5.41) is 12.3. The molecule has 4 aromatic rings. The minimum atomic E-state index is -0.445. The van der Waals surface area contributed by atoms with Gasteiger partial charge in [0.25, 0.3) is 5.91 Å². The lowest BCUT2D eigenvalue weighted by molar-refractivity contribution is 0.0913. The second kappa shape index (κ2) is 8.25. The molecule has 1 unspecified atom stereocenters. The summed E-state index contributed by atoms with van der Waals surface area (Å²) in [7, 11) is 0. The van der Waals surface area contributed by atoms with Crippen LogP contribution in [0.25, 0.3) is 22.4 Å². The number of carbonyl (C=O) groups is 1. The molecule has 1 atom stereocenters. The lowest BCUT2D eigenvalue weighted by Gasteiger charge is -2.19. The third-order valence-corrected chi connectivity index (χ3v) is 5.07. The highest BCUT2D eigenvalue weighted by Crippen LogP contribution is 2.25. The molecule has 0 spiro atoms.